The molecule has 20 heavy (non-hydrogen) atoms. The monoisotopic (exact) mass is 314 g/mol. The lowest BCUT2D eigenvalue weighted by Crippen LogP contribution is -2.61. The Hall–Kier alpha value is -0.350. The third-order valence-electron chi connectivity index (χ3n) is 5.21. The normalized spacial score (nSPS) is 37.8. The van der Waals surface area contributed by atoms with Crippen LogP contribution in [0.3, 0.4) is 0 Å². The van der Waals surface area contributed by atoms with Crippen molar-refractivity contribution in [2.75, 3.05) is 5.88 Å². The van der Waals surface area contributed by atoms with E-state index in [1.54, 1.807) is 0 Å². The molecule has 0 aromatic carbocycles. The Morgan fingerprint density at radius 3 is 2.20 bits per heavy atom. The molecule has 0 aliphatic heterocycles. The molecule has 4 rings (SSSR count). The summed E-state index contributed by atoms with van der Waals surface area (Å²) in [5, 5.41) is 6.83. The van der Waals surface area contributed by atoms with E-state index in [1.165, 1.54) is 38.5 Å². The van der Waals surface area contributed by atoms with E-state index in [2.05, 4.69) is 10.6 Å². The SMILES string of the molecule is O=C(CCCCl)NC(=S)NC12CC3CC(CC(C3)C1)C2. The van der Waals surface area contributed by atoms with Crippen LogP contribution < -0.4 is 10.6 Å². The first-order valence-electron chi connectivity index (χ1n) is 7.76. The third kappa shape index (κ3) is 3.11. The van der Waals surface area contributed by atoms with Crippen LogP contribution in [0.15, 0.2) is 0 Å². The van der Waals surface area contributed by atoms with Crippen LogP contribution in [-0.2, 0) is 4.79 Å². The molecule has 112 valence electrons. The van der Waals surface area contributed by atoms with Crippen molar-refractivity contribution in [1.82, 2.24) is 10.6 Å². The summed E-state index contributed by atoms with van der Waals surface area (Å²) in [6, 6.07) is 0. The molecule has 0 radical (unpaired) electrons. The molecule has 1 amide bonds. The first kappa shape index (κ1) is 14.6. The Kier molecular flexibility index (Phi) is 4.23. The molecule has 4 aliphatic rings. The van der Waals surface area contributed by atoms with Crippen LogP contribution >= 0.6 is 23.8 Å². The summed E-state index contributed by atoms with van der Waals surface area (Å²) in [6.45, 7) is 0. The summed E-state index contributed by atoms with van der Waals surface area (Å²) in [4.78, 5) is 11.7. The van der Waals surface area contributed by atoms with Gasteiger partial charge in [-0.25, -0.2) is 0 Å². The number of rotatable bonds is 4. The molecule has 0 atom stereocenters. The van der Waals surface area contributed by atoms with Crippen LogP contribution in [0.2, 0.25) is 0 Å². The van der Waals surface area contributed by atoms with Gasteiger partial charge >= 0.3 is 0 Å². The molecule has 0 spiro atoms. The van der Waals surface area contributed by atoms with Crippen LogP contribution in [0.4, 0.5) is 0 Å². The van der Waals surface area contributed by atoms with Crippen LogP contribution in [0.25, 0.3) is 0 Å². The Labute approximate surface area is 131 Å². The molecule has 4 fully saturated rings. The first-order valence-corrected chi connectivity index (χ1v) is 8.71. The van der Waals surface area contributed by atoms with E-state index in [9.17, 15) is 4.79 Å². The summed E-state index contributed by atoms with van der Waals surface area (Å²) in [5.41, 5.74) is 0.172. The van der Waals surface area contributed by atoms with Crippen molar-refractivity contribution in [3.8, 4) is 0 Å². The maximum absolute atomic E-state index is 11.7. The second kappa shape index (κ2) is 5.80. The third-order valence-corrected chi connectivity index (χ3v) is 5.68. The van der Waals surface area contributed by atoms with Gasteiger partial charge in [0.2, 0.25) is 5.91 Å². The number of halogens is 1. The van der Waals surface area contributed by atoms with E-state index < -0.39 is 0 Å². The molecule has 3 nitrogen and oxygen atoms in total. The van der Waals surface area contributed by atoms with Gasteiger partial charge in [-0.1, -0.05) is 0 Å². The van der Waals surface area contributed by atoms with E-state index >= 15 is 0 Å². The van der Waals surface area contributed by atoms with E-state index in [0.29, 0.717) is 23.8 Å². The summed E-state index contributed by atoms with van der Waals surface area (Å²) < 4.78 is 0. The average Bonchev–Trinajstić information content (AvgIpc) is 2.33. The molecule has 0 aromatic rings. The van der Waals surface area contributed by atoms with Crippen molar-refractivity contribution < 1.29 is 4.79 Å². The molecule has 4 aliphatic carbocycles. The van der Waals surface area contributed by atoms with Crippen LogP contribution in [0.1, 0.15) is 51.4 Å². The first-order chi connectivity index (χ1) is 9.58. The van der Waals surface area contributed by atoms with Crippen LogP contribution in [-0.4, -0.2) is 22.4 Å². The van der Waals surface area contributed by atoms with Gasteiger partial charge in [-0.2, -0.15) is 0 Å². The number of alkyl halides is 1. The van der Waals surface area contributed by atoms with Crippen LogP contribution in [0.5, 0.6) is 0 Å². The predicted molar refractivity (Wildman–Crippen MR) is 84.7 cm³/mol. The smallest absolute Gasteiger partial charge is 0.226 e. The minimum atomic E-state index is -0.0205. The molecule has 0 heterocycles. The minimum Gasteiger partial charge on any atom is -0.357 e. The molecular formula is C15H23ClN2OS. The number of nitrogens with one attached hydrogen (secondary N) is 2. The Morgan fingerprint density at radius 2 is 1.70 bits per heavy atom. The fourth-order valence-corrected chi connectivity index (χ4v) is 5.42. The number of hydrogen-bond acceptors (Lipinski definition) is 2. The van der Waals surface area contributed by atoms with Gasteiger partial charge < -0.3 is 10.6 Å². The second-order valence-electron chi connectivity index (χ2n) is 6.99. The fourth-order valence-electron chi connectivity index (χ4n) is 4.95. The van der Waals surface area contributed by atoms with Gasteiger partial charge in [-0.05, 0) is 74.9 Å². The minimum absolute atomic E-state index is 0.0205. The number of amides is 1. The topological polar surface area (TPSA) is 41.1 Å². The van der Waals surface area contributed by atoms with Crippen molar-refractivity contribution in [2.24, 2.45) is 17.8 Å². The number of carbonyl (C=O) groups excluding carboxylic acids is 1. The predicted octanol–water partition coefficient (Wildman–Crippen LogP) is 2.96. The number of hydrogen-bond donors (Lipinski definition) is 2. The zero-order valence-corrected chi connectivity index (χ0v) is 13.4. The Morgan fingerprint density at radius 1 is 1.15 bits per heavy atom. The standard InChI is InChI=1S/C15H23ClN2OS/c16-3-1-2-13(19)17-14(20)18-15-7-10-4-11(8-15)6-12(5-10)9-15/h10-12H,1-9H2,(H2,17,18,19,20). The van der Waals surface area contributed by atoms with E-state index in [0.717, 1.165) is 17.8 Å². The maximum atomic E-state index is 11.7. The van der Waals surface area contributed by atoms with Gasteiger partial charge in [-0.3, -0.25) is 4.79 Å². The molecule has 0 aromatic heterocycles. The molecular weight excluding hydrogens is 292 g/mol. The van der Waals surface area contributed by atoms with Gasteiger partial charge in [0, 0.05) is 17.8 Å². The van der Waals surface area contributed by atoms with Gasteiger partial charge in [-0.15, -0.1) is 11.6 Å². The highest BCUT2D eigenvalue weighted by atomic mass is 35.5. The Bertz CT molecular complexity index is 377. The van der Waals surface area contributed by atoms with E-state index in [1.807, 2.05) is 0 Å². The van der Waals surface area contributed by atoms with Gasteiger partial charge in [0.25, 0.3) is 0 Å². The quantitative estimate of drug-likeness (QED) is 0.619. The molecule has 0 unspecified atom stereocenters. The van der Waals surface area contributed by atoms with E-state index in [-0.39, 0.29) is 11.4 Å². The fraction of sp³-hybridized carbons (Fsp3) is 0.867. The average molecular weight is 315 g/mol. The highest BCUT2D eigenvalue weighted by molar-refractivity contribution is 7.80. The second-order valence-corrected chi connectivity index (χ2v) is 7.78. The zero-order valence-electron chi connectivity index (χ0n) is 11.8. The molecule has 4 saturated carbocycles. The maximum Gasteiger partial charge on any atom is 0.226 e. The van der Waals surface area contributed by atoms with Crippen molar-refractivity contribution in [1.29, 1.82) is 0 Å². The number of carbonyl (C=O) groups is 1. The molecule has 4 bridgehead atoms. The lowest BCUT2D eigenvalue weighted by Gasteiger charge is -2.57. The van der Waals surface area contributed by atoms with Crippen LogP contribution in [0, 0.1) is 17.8 Å². The summed E-state index contributed by atoms with van der Waals surface area (Å²) >= 11 is 10.9. The molecule has 2 N–H and O–H groups in total. The van der Waals surface area contributed by atoms with E-state index in [4.69, 9.17) is 23.8 Å². The molecule has 0 saturated heterocycles. The largest absolute Gasteiger partial charge is 0.357 e. The van der Waals surface area contributed by atoms with Crippen molar-refractivity contribution in [2.45, 2.75) is 56.9 Å². The molecule has 5 heteroatoms. The Balaban J connectivity index is 1.55. The summed E-state index contributed by atoms with van der Waals surface area (Å²) in [7, 11) is 0. The zero-order chi connectivity index (χ0) is 14.2. The van der Waals surface area contributed by atoms with Crippen molar-refractivity contribution >= 4 is 34.8 Å². The summed E-state index contributed by atoms with van der Waals surface area (Å²) in [6.07, 6.45) is 9.09. The van der Waals surface area contributed by atoms with Crippen molar-refractivity contribution in [3.05, 3.63) is 0 Å². The van der Waals surface area contributed by atoms with Gasteiger partial charge in [0.1, 0.15) is 0 Å². The number of thiocarbonyl (C=S) groups is 1. The highest BCUT2D eigenvalue weighted by Gasteiger charge is 2.51. The lowest BCUT2D eigenvalue weighted by molar-refractivity contribution is -0.119. The van der Waals surface area contributed by atoms with Gasteiger partial charge in [0.05, 0.1) is 0 Å². The summed E-state index contributed by atoms with van der Waals surface area (Å²) in [5.74, 6) is 3.13. The van der Waals surface area contributed by atoms with Gasteiger partial charge in [0.15, 0.2) is 5.11 Å². The lowest BCUT2D eigenvalue weighted by atomic mass is 9.53. The highest BCUT2D eigenvalue weighted by Crippen LogP contribution is 2.55. The van der Waals surface area contributed by atoms with Crippen molar-refractivity contribution in [3.63, 3.8) is 0 Å².